The number of anilines is 3. The minimum atomic E-state index is 0.158. The molecule has 2 saturated heterocycles. The van der Waals surface area contributed by atoms with Crippen LogP contribution in [0.4, 0.5) is 17.3 Å². The van der Waals surface area contributed by atoms with E-state index in [4.69, 9.17) is 9.97 Å². The van der Waals surface area contributed by atoms with Gasteiger partial charge in [0.05, 0.1) is 6.20 Å². The third kappa shape index (κ3) is 6.94. The van der Waals surface area contributed by atoms with Gasteiger partial charge in [-0.25, -0.2) is 9.97 Å². The number of nitrogens with zero attached hydrogens (tertiary/aromatic N) is 4. The highest BCUT2D eigenvalue weighted by Gasteiger charge is 2.32. The highest BCUT2D eigenvalue weighted by Crippen LogP contribution is 2.35. The van der Waals surface area contributed by atoms with Crippen molar-refractivity contribution in [3.63, 3.8) is 0 Å². The number of amides is 1. The van der Waals surface area contributed by atoms with Crippen molar-refractivity contribution in [3.8, 4) is 0 Å². The van der Waals surface area contributed by atoms with Gasteiger partial charge in [-0.2, -0.15) is 0 Å². The van der Waals surface area contributed by atoms with Crippen molar-refractivity contribution in [2.24, 2.45) is 5.92 Å². The zero-order valence-electron chi connectivity index (χ0n) is 24.9. The van der Waals surface area contributed by atoms with E-state index >= 15 is 0 Å². The second-order valence-corrected chi connectivity index (χ2v) is 12.8. The van der Waals surface area contributed by atoms with E-state index in [0.717, 1.165) is 79.8 Å². The van der Waals surface area contributed by atoms with Crippen LogP contribution in [0.2, 0.25) is 0 Å². The SMILES string of the molecule is C=C(CC)c1ncc(N2CCC[C@@H](NC(=O)C3CCCCC3)C2)nc1Nc1ccc(C2CCN(C3CC3)CC2)cc1. The summed E-state index contributed by atoms with van der Waals surface area (Å²) < 4.78 is 0. The molecule has 7 heteroatoms. The molecule has 220 valence electrons. The van der Waals surface area contributed by atoms with Crippen LogP contribution in [0.15, 0.2) is 37.0 Å². The molecule has 1 amide bonds. The summed E-state index contributed by atoms with van der Waals surface area (Å²) in [5.41, 5.74) is 4.27. The van der Waals surface area contributed by atoms with E-state index in [1.54, 1.807) is 0 Å². The minimum Gasteiger partial charge on any atom is -0.353 e. The first kappa shape index (κ1) is 28.2. The van der Waals surface area contributed by atoms with Crippen LogP contribution in [0.3, 0.4) is 0 Å². The Morgan fingerprint density at radius 2 is 1.71 bits per heavy atom. The molecule has 2 saturated carbocycles. The molecule has 4 fully saturated rings. The summed E-state index contributed by atoms with van der Waals surface area (Å²) >= 11 is 0. The zero-order chi connectivity index (χ0) is 28.2. The lowest BCUT2D eigenvalue weighted by Crippen LogP contribution is -2.49. The quantitative estimate of drug-likeness (QED) is 0.360. The number of carbonyl (C=O) groups is 1. The third-order valence-electron chi connectivity index (χ3n) is 9.83. The molecule has 3 heterocycles. The lowest BCUT2D eigenvalue weighted by Gasteiger charge is -2.35. The number of hydrogen-bond acceptors (Lipinski definition) is 6. The van der Waals surface area contributed by atoms with Gasteiger partial charge in [-0.05, 0) is 100 Å². The Balaban J connectivity index is 1.12. The lowest BCUT2D eigenvalue weighted by molar-refractivity contribution is -0.126. The van der Waals surface area contributed by atoms with Crippen molar-refractivity contribution in [1.29, 1.82) is 0 Å². The van der Waals surface area contributed by atoms with Gasteiger partial charge in [0.1, 0.15) is 11.5 Å². The second kappa shape index (κ2) is 12.9. The highest BCUT2D eigenvalue weighted by molar-refractivity contribution is 5.79. The molecule has 1 aromatic carbocycles. The molecule has 1 aromatic heterocycles. The van der Waals surface area contributed by atoms with Gasteiger partial charge in [-0.1, -0.05) is 44.9 Å². The van der Waals surface area contributed by atoms with Crippen molar-refractivity contribution in [3.05, 3.63) is 48.3 Å². The Labute approximate surface area is 246 Å². The highest BCUT2D eigenvalue weighted by atomic mass is 16.2. The van der Waals surface area contributed by atoms with Crippen LogP contribution in [0.25, 0.3) is 5.57 Å². The fraction of sp³-hybridized carbons (Fsp3) is 0.618. The van der Waals surface area contributed by atoms with E-state index in [1.807, 2.05) is 6.20 Å². The molecular weight excluding hydrogens is 508 g/mol. The standard InChI is InChI=1S/C34H48N6O/c1-3-24(2)32-33(36-28-13-11-25(12-14-28)26-17-20-39(21-18-26)30-15-16-30)38-31(22-35-32)40-19-7-10-29(23-40)37-34(41)27-8-5-4-6-9-27/h11-14,22,26-27,29-30H,2-10,15-21,23H2,1H3,(H,36,38)(H,37,41)/t29-/m1/s1. The van der Waals surface area contributed by atoms with Gasteiger partial charge in [-0.3, -0.25) is 4.79 Å². The smallest absolute Gasteiger partial charge is 0.223 e. The number of aromatic nitrogens is 2. The molecule has 6 rings (SSSR count). The number of carbonyl (C=O) groups excluding carboxylic acids is 1. The van der Waals surface area contributed by atoms with Crippen LogP contribution < -0.4 is 15.5 Å². The molecule has 41 heavy (non-hydrogen) atoms. The summed E-state index contributed by atoms with van der Waals surface area (Å²) in [6.45, 7) is 10.5. The van der Waals surface area contributed by atoms with Crippen molar-refractivity contribution in [2.45, 2.75) is 102 Å². The largest absolute Gasteiger partial charge is 0.353 e. The van der Waals surface area contributed by atoms with Crippen LogP contribution in [-0.4, -0.2) is 59.0 Å². The third-order valence-corrected chi connectivity index (χ3v) is 9.83. The molecule has 2 aromatic rings. The summed E-state index contributed by atoms with van der Waals surface area (Å²) in [5.74, 6) is 2.71. The predicted molar refractivity (Wildman–Crippen MR) is 168 cm³/mol. The molecule has 0 radical (unpaired) electrons. The summed E-state index contributed by atoms with van der Waals surface area (Å²) in [6.07, 6.45) is 15.8. The van der Waals surface area contributed by atoms with Gasteiger partial charge < -0.3 is 20.4 Å². The molecule has 7 nitrogen and oxygen atoms in total. The maximum absolute atomic E-state index is 12.9. The van der Waals surface area contributed by atoms with Gasteiger partial charge in [0.25, 0.3) is 0 Å². The van der Waals surface area contributed by atoms with Crippen molar-refractivity contribution >= 4 is 28.8 Å². The Kier molecular flexibility index (Phi) is 8.90. The number of rotatable bonds is 9. The Bertz CT molecular complexity index is 1190. The molecule has 0 spiro atoms. The normalized spacial score (nSPS) is 22.9. The van der Waals surface area contributed by atoms with E-state index in [2.05, 4.69) is 58.2 Å². The van der Waals surface area contributed by atoms with E-state index in [1.165, 1.54) is 63.6 Å². The fourth-order valence-corrected chi connectivity index (χ4v) is 7.05. The number of nitrogens with one attached hydrogen (secondary N) is 2. The van der Waals surface area contributed by atoms with Crippen LogP contribution in [0, 0.1) is 5.92 Å². The molecular formula is C34H48N6O. The zero-order valence-corrected chi connectivity index (χ0v) is 24.9. The maximum Gasteiger partial charge on any atom is 0.223 e. The summed E-state index contributed by atoms with van der Waals surface area (Å²) in [4.78, 5) is 27.8. The topological polar surface area (TPSA) is 73.4 Å². The first-order valence-corrected chi connectivity index (χ1v) is 16.3. The maximum atomic E-state index is 12.9. The van der Waals surface area contributed by atoms with E-state index in [0.29, 0.717) is 5.92 Å². The van der Waals surface area contributed by atoms with Gasteiger partial charge in [-0.15, -0.1) is 0 Å². The van der Waals surface area contributed by atoms with Crippen LogP contribution in [0.5, 0.6) is 0 Å². The summed E-state index contributed by atoms with van der Waals surface area (Å²) in [5, 5.41) is 6.94. The number of likely N-dealkylation sites (tertiary alicyclic amines) is 1. The number of benzene rings is 1. The summed E-state index contributed by atoms with van der Waals surface area (Å²) in [7, 11) is 0. The van der Waals surface area contributed by atoms with Gasteiger partial charge >= 0.3 is 0 Å². The fourth-order valence-electron chi connectivity index (χ4n) is 7.05. The van der Waals surface area contributed by atoms with Gasteiger partial charge in [0.2, 0.25) is 5.91 Å². The Morgan fingerprint density at radius 3 is 2.41 bits per heavy atom. The molecule has 2 aliphatic carbocycles. The van der Waals surface area contributed by atoms with Crippen molar-refractivity contribution in [1.82, 2.24) is 20.2 Å². The van der Waals surface area contributed by atoms with E-state index in [9.17, 15) is 4.79 Å². The minimum absolute atomic E-state index is 0.158. The Morgan fingerprint density at radius 1 is 0.951 bits per heavy atom. The monoisotopic (exact) mass is 556 g/mol. The summed E-state index contributed by atoms with van der Waals surface area (Å²) in [6, 6.07) is 9.99. The lowest BCUT2D eigenvalue weighted by atomic mass is 9.88. The molecule has 1 atom stereocenters. The van der Waals surface area contributed by atoms with Gasteiger partial charge in [0.15, 0.2) is 5.82 Å². The van der Waals surface area contributed by atoms with E-state index < -0.39 is 0 Å². The second-order valence-electron chi connectivity index (χ2n) is 12.8. The molecule has 2 aliphatic heterocycles. The van der Waals surface area contributed by atoms with Crippen molar-refractivity contribution in [2.75, 3.05) is 36.4 Å². The van der Waals surface area contributed by atoms with E-state index in [-0.39, 0.29) is 17.9 Å². The average Bonchev–Trinajstić information content (AvgIpc) is 3.88. The number of hydrogen-bond donors (Lipinski definition) is 2. The van der Waals surface area contributed by atoms with Crippen LogP contribution >= 0.6 is 0 Å². The van der Waals surface area contributed by atoms with Crippen LogP contribution in [0.1, 0.15) is 101 Å². The Hall–Kier alpha value is -2.93. The first-order valence-electron chi connectivity index (χ1n) is 16.3. The molecule has 2 N–H and O–H groups in total. The molecule has 0 unspecified atom stereocenters. The average molecular weight is 557 g/mol. The molecule has 0 bridgehead atoms. The number of allylic oxidation sites excluding steroid dienone is 1. The van der Waals surface area contributed by atoms with Crippen LogP contribution in [-0.2, 0) is 4.79 Å². The number of piperidine rings is 2. The van der Waals surface area contributed by atoms with Crippen molar-refractivity contribution < 1.29 is 4.79 Å². The van der Waals surface area contributed by atoms with Gasteiger partial charge in [0, 0.05) is 36.8 Å². The molecule has 4 aliphatic rings. The predicted octanol–water partition coefficient (Wildman–Crippen LogP) is 6.65. The first-order chi connectivity index (χ1) is 20.1.